The summed E-state index contributed by atoms with van der Waals surface area (Å²) in [7, 11) is 0. The summed E-state index contributed by atoms with van der Waals surface area (Å²) in [5, 5.41) is 3.38. The Morgan fingerprint density at radius 3 is 2.93 bits per heavy atom. The molecular formula is C13H18FN. The van der Waals surface area contributed by atoms with E-state index < -0.39 is 0 Å². The van der Waals surface area contributed by atoms with E-state index in [-0.39, 0.29) is 6.67 Å². The SMILES string of the molecule is FCCCc1ccccc1C1CCNC1. The molecule has 1 atom stereocenters. The van der Waals surface area contributed by atoms with E-state index in [2.05, 4.69) is 29.6 Å². The van der Waals surface area contributed by atoms with Crippen molar-refractivity contribution in [1.29, 1.82) is 0 Å². The van der Waals surface area contributed by atoms with Crippen molar-refractivity contribution in [2.24, 2.45) is 0 Å². The minimum Gasteiger partial charge on any atom is -0.316 e. The average molecular weight is 207 g/mol. The van der Waals surface area contributed by atoms with Gasteiger partial charge in [-0.1, -0.05) is 24.3 Å². The van der Waals surface area contributed by atoms with Crippen molar-refractivity contribution in [1.82, 2.24) is 5.32 Å². The smallest absolute Gasteiger partial charge is 0.0897 e. The lowest BCUT2D eigenvalue weighted by atomic mass is 9.91. The van der Waals surface area contributed by atoms with E-state index in [1.54, 1.807) is 0 Å². The molecule has 1 unspecified atom stereocenters. The van der Waals surface area contributed by atoms with E-state index in [1.807, 2.05) is 0 Å². The van der Waals surface area contributed by atoms with Crippen molar-refractivity contribution >= 4 is 0 Å². The molecule has 2 heteroatoms. The summed E-state index contributed by atoms with van der Waals surface area (Å²) >= 11 is 0. The zero-order chi connectivity index (χ0) is 10.5. The highest BCUT2D eigenvalue weighted by atomic mass is 19.1. The van der Waals surface area contributed by atoms with Gasteiger partial charge >= 0.3 is 0 Å². The summed E-state index contributed by atoms with van der Waals surface area (Å²) in [5.74, 6) is 0.640. The monoisotopic (exact) mass is 207 g/mol. The van der Waals surface area contributed by atoms with Crippen LogP contribution in [-0.2, 0) is 6.42 Å². The van der Waals surface area contributed by atoms with Gasteiger partial charge in [0, 0.05) is 6.54 Å². The summed E-state index contributed by atoms with van der Waals surface area (Å²) in [4.78, 5) is 0. The van der Waals surface area contributed by atoms with Gasteiger partial charge in [-0.2, -0.15) is 0 Å². The number of hydrogen-bond acceptors (Lipinski definition) is 1. The normalized spacial score (nSPS) is 20.7. The molecule has 1 N–H and O–H groups in total. The van der Waals surface area contributed by atoms with Crippen LogP contribution in [0.2, 0.25) is 0 Å². The van der Waals surface area contributed by atoms with Gasteiger partial charge in [0.2, 0.25) is 0 Å². The van der Waals surface area contributed by atoms with Crippen molar-refractivity contribution < 1.29 is 4.39 Å². The first kappa shape index (κ1) is 10.6. The van der Waals surface area contributed by atoms with Gasteiger partial charge in [0.1, 0.15) is 0 Å². The Morgan fingerprint density at radius 2 is 2.20 bits per heavy atom. The van der Waals surface area contributed by atoms with E-state index in [4.69, 9.17) is 0 Å². The van der Waals surface area contributed by atoms with Crippen molar-refractivity contribution in [2.45, 2.75) is 25.2 Å². The quantitative estimate of drug-likeness (QED) is 0.800. The largest absolute Gasteiger partial charge is 0.316 e. The summed E-state index contributed by atoms with van der Waals surface area (Å²) in [6.45, 7) is 1.98. The maximum atomic E-state index is 12.2. The molecular weight excluding hydrogens is 189 g/mol. The Kier molecular flexibility index (Phi) is 3.73. The molecule has 0 amide bonds. The summed E-state index contributed by atoms with van der Waals surface area (Å²) in [6.07, 6.45) is 2.74. The van der Waals surface area contributed by atoms with E-state index in [0.717, 1.165) is 19.5 Å². The van der Waals surface area contributed by atoms with Gasteiger partial charge in [-0.15, -0.1) is 0 Å². The number of hydrogen-bond donors (Lipinski definition) is 1. The molecule has 0 spiro atoms. The first-order valence-electron chi connectivity index (χ1n) is 5.76. The minimum atomic E-state index is -0.211. The second kappa shape index (κ2) is 5.26. The molecule has 0 saturated carbocycles. The zero-order valence-electron chi connectivity index (χ0n) is 9.01. The summed E-state index contributed by atoms with van der Waals surface area (Å²) < 4.78 is 12.2. The molecule has 1 aromatic carbocycles. The van der Waals surface area contributed by atoms with Crippen LogP contribution < -0.4 is 5.32 Å². The van der Waals surface area contributed by atoms with E-state index in [1.165, 1.54) is 17.5 Å². The van der Waals surface area contributed by atoms with Crippen LogP contribution in [0.5, 0.6) is 0 Å². The highest BCUT2D eigenvalue weighted by Crippen LogP contribution is 2.26. The van der Waals surface area contributed by atoms with Gasteiger partial charge < -0.3 is 5.32 Å². The molecule has 1 aliphatic rings. The summed E-state index contributed by atoms with van der Waals surface area (Å²) in [6, 6.07) is 8.49. The molecule has 0 aliphatic carbocycles. The lowest BCUT2D eigenvalue weighted by Crippen LogP contribution is -2.09. The van der Waals surface area contributed by atoms with Gasteiger partial charge in [-0.05, 0) is 42.9 Å². The van der Waals surface area contributed by atoms with Crippen LogP contribution in [0.4, 0.5) is 4.39 Å². The maximum absolute atomic E-state index is 12.2. The van der Waals surface area contributed by atoms with Crippen molar-refractivity contribution in [3.63, 3.8) is 0 Å². The number of nitrogens with one attached hydrogen (secondary N) is 1. The molecule has 0 bridgehead atoms. The summed E-state index contributed by atoms with van der Waals surface area (Å²) in [5.41, 5.74) is 2.76. The molecule has 0 radical (unpaired) electrons. The molecule has 2 rings (SSSR count). The highest BCUT2D eigenvalue weighted by Gasteiger charge is 2.18. The Labute approximate surface area is 90.7 Å². The fraction of sp³-hybridized carbons (Fsp3) is 0.538. The molecule has 15 heavy (non-hydrogen) atoms. The number of alkyl halides is 1. The third kappa shape index (κ3) is 2.57. The Balaban J connectivity index is 2.13. The molecule has 82 valence electrons. The molecule has 1 aliphatic heterocycles. The van der Waals surface area contributed by atoms with Gasteiger partial charge in [-0.3, -0.25) is 4.39 Å². The van der Waals surface area contributed by atoms with Crippen LogP contribution in [0.25, 0.3) is 0 Å². The van der Waals surface area contributed by atoms with E-state index in [9.17, 15) is 4.39 Å². The van der Waals surface area contributed by atoms with Crippen molar-refractivity contribution in [3.8, 4) is 0 Å². The Bertz CT molecular complexity index is 305. The second-order valence-corrected chi connectivity index (χ2v) is 4.18. The Hall–Kier alpha value is -0.890. The predicted octanol–water partition coefficient (Wildman–Crippen LogP) is 2.67. The lowest BCUT2D eigenvalue weighted by molar-refractivity contribution is 0.472. The van der Waals surface area contributed by atoms with Crippen LogP contribution in [0.3, 0.4) is 0 Å². The third-order valence-corrected chi connectivity index (χ3v) is 3.13. The predicted molar refractivity (Wildman–Crippen MR) is 61.0 cm³/mol. The molecule has 1 nitrogen and oxygen atoms in total. The lowest BCUT2D eigenvalue weighted by Gasteiger charge is -2.14. The maximum Gasteiger partial charge on any atom is 0.0897 e. The van der Waals surface area contributed by atoms with Gasteiger partial charge in [-0.25, -0.2) is 0 Å². The van der Waals surface area contributed by atoms with Crippen LogP contribution >= 0.6 is 0 Å². The van der Waals surface area contributed by atoms with Gasteiger partial charge in [0.05, 0.1) is 6.67 Å². The standard InChI is InChI=1S/C13H18FN/c14-8-3-5-11-4-1-2-6-13(11)12-7-9-15-10-12/h1-2,4,6,12,15H,3,5,7-10H2. The molecule has 1 aromatic rings. The minimum absolute atomic E-state index is 0.211. The Morgan fingerprint density at radius 1 is 1.33 bits per heavy atom. The second-order valence-electron chi connectivity index (χ2n) is 4.18. The zero-order valence-corrected chi connectivity index (χ0v) is 9.01. The fourth-order valence-corrected chi connectivity index (χ4v) is 2.34. The van der Waals surface area contributed by atoms with Gasteiger partial charge in [0.25, 0.3) is 0 Å². The van der Waals surface area contributed by atoms with Crippen molar-refractivity contribution in [2.75, 3.05) is 19.8 Å². The first-order chi connectivity index (χ1) is 7.42. The van der Waals surface area contributed by atoms with Gasteiger partial charge in [0.15, 0.2) is 0 Å². The van der Waals surface area contributed by atoms with E-state index in [0.29, 0.717) is 12.3 Å². The number of rotatable bonds is 4. The highest BCUT2D eigenvalue weighted by molar-refractivity contribution is 5.31. The number of aryl methyl sites for hydroxylation is 1. The molecule has 1 heterocycles. The van der Waals surface area contributed by atoms with Crippen LogP contribution in [0.15, 0.2) is 24.3 Å². The average Bonchev–Trinajstić information content (AvgIpc) is 2.80. The number of halogens is 1. The molecule has 1 fully saturated rings. The van der Waals surface area contributed by atoms with Crippen LogP contribution in [0, 0.1) is 0 Å². The molecule has 0 aromatic heterocycles. The van der Waals surface area contributed by atoms with Crippen LogP contribution in [0.1, 0.15) is 29.9 Å². The fourth-order valence-electron chi connectivity index (χ4n) is 2.34. The van der Waals surface area contributed by atoms with E-state index >= 15 is 0 Å². The molecule has 1 saturated heterocycles. The third-order valence-electron chi connectivity index (χ3n) is 3.13. The number of benzene rings is 1. The topological polar surface area (TPSA) is 12.0 Å². The van der Waals surface area contributed by atoms with Crippen LogP contribution in [-0.4, -0.2) is 19.8 Å². The van der Waals surface area contributed by atoms with Crippen molar-refractivity contribution in [3.05, 3.63) is 35.4 Å². The first-order valence-corrected chi connectivity index (χ1v) is 5.76.